The van der Waals surface area contributed by atoms with Crippen molar-refractivity contribution in [3.05, 3.63) is 21.9 Å². The van der Waals surface area contributed by atoms with Crippen LogP contribution in [0.5, 0.6) is 0 Å². The first-order valence-electron chi connectivity index (χ1n) is 4.99. The average molecular weight is 257 g/mol. The van der Waals surface area contributed by atoms with Crippen LogP contribution in [0.1, 0.15) is 29.7 Å². The molecule has 1 aromatic rings. The Bertz CT molecular complexity index is 331. The van der Waals surface area contributed by atoms with Crippen LogP contribution in [0.3, 0.4) is 0 Å². The standard InChI is InChI=1S/C11H13BrS/c12-7-8-6-11(8)4-1-2-10-9(11)3-5-13-10/h3,5,8H,1-2,4,6-7H2. The molecule has 1 spiro atoms. The van der Waals surface area contributed by atoms with Gasteiger partial charge in [-0.2, -0.15) is 0 Å². The molecule has 0 saturated heterocycles. The first-order chi connectivity index (χ1) is 6.37. The summed E-state index contributed by atoms with van der Waals surface area (Å²) in [7, 11) is 0. The van der Waals surface area contributed by atoms with Crippen LogP contribution in [-0.2, 0) is 11.8 Å². The highest BCUT2D eigenvalue weighted by molar-refractivity contribution is 9.09. The molecule has 0 amide bonds. The van der Waals surface area contributed by atoms with Crippen LogP contribution in [0.2, 0.25) is 0 Å². The monoisotopic (exact) mass is 256 g/mol. The van der Waals surface area contributed by atoms with Crippen molar-refractivity contribution < 1.29 is 0 Å². The van der Waals surface area contributed by atoms with Gasteiger partial charge in [0, 0.05) is 15.6 Å². The summed E-state index contributed by atoms with van der Waals surface area (Å²) in [6, 6.07) is 2.38. The fraction of sp³-hybridized carbons (Fsp3) is 0.636. The molecule has 0 nitrogen and oxygen atoms in total. The lowest BCUT2D eigenvalue weighted by Gasteiger charge is -2.23. The third kappa shape index (κ3) is 1.08. The summed E-state index contributed by atoms with van der Waals surface area (Å²) < 4.78 is 0. The minimum Gasteiger partial charge on any atom is -0.149 e. The highest BCUT2D eigenvalue weighted by atomic mass is 79.9. The van der Waals surface area contributed by atoms with Gasteiger partial charge in [-0.25, -0.2) is 0 Å². The molecular formula is C11H13BrS. The number of hydrogen-bond donors (Lipinski definition) is 0. The fourth-order valence-electron chi connectivity index (χ4n) is 2.90. The fourth-order valence-corrected chi connectivity index (χ4v) is 4.77. The van der Waals surface area contributed by atoms with Crippen molar-refractivity contribution in [2.45, 2.75) is 31.1 Å². The second-order valence-electron chi connectivity index (χ2n) is 4.32. The van der Waals surface area contributed by atoms with E-state index in [4.69, 9.17) is 0 Å². The molecule has 0 bridgehead atoms. The van der Waals surface area contributed by atoms with Gasteiger partial charge < -0.3 is 0 Å². The largest absolute Gasteiger partial charge is 0.149 e. The van der Waals surface area contributed by atoms with E-state index in [1.54, 1.807) is 10.4 Å². The molecule has 2 heteroatoms. The molecule has 1 saturated carbocycles. The molecule has 0 aliphatic heterocycles. The Kier molecular flexibility index (Phi) is 1.85. The van der Waals surface area contributed by atoms with E-state index in [2.05, 4.69) is 27.4 Å². The smallest absolute Gasteiger partial charge is 0.00829 e. The molecule has 1 aromatic heterocycles. The van der Waals surface area contributed by atoms with Crippen molar-refractivity contribution in [1.82, 2.24) is 0 Å². The summed E-state index contributed by atoms with van der Waals surface area (Å²) in [6.07, 6.45) is 5.62. The predicted molar refractivity (Wildman–Crippen MR) is 60.8 cm³/mol. The predicted octanol–water partition coefficient (Wildman–Crippen LogP) is 3.74. The van der Waals surface area contributed by atoms with Gasteiger partial charge in [0.15, 0.2) is 0 Å². The van der Waals surface area contributed by atoms with Gasteiger partial charge in [-0.1, -0.05) is 15.9 Å². The van der Waals surface area contributed by atoms with Gasteiger partial charge in [-0.3, -0.25) is 0 Å². The van der Waals surface area contributed by atoms with Crippen molar-refractivity contribution in [1.29, 1.82) is 0 Å². The van der Waals surface area contributed by atoms with Gasteiger partial charge in [0.1, 0.15) is 0 Å². The summed E-state index contributed by atoms with van der Waals surface area (Å²) in [6.45, 7) is 0. The van der Waals surface area contributed by atoms with Gasteiger partial charge in [0.05, 0.1) is 0 Å². The second kappa shape index (κ2) is 2.83. The van der Waals surface area contributed by atoms with Gasteiger partial charge in [0.25, 0.3) is 0 Å². The van der Waals surface area contributed by atoms with E-state index in [9.17, 15) is 0 Å². The SMILES string of the molecule is BrCC1CC12CCCc1sccc12. The third-order valence-electron chi connectivity index (χ3n) is 3.73. The molecule has 2 unspecified atom stereocenters. The Morgan fingerprint density at radius 1 is 1.62 bits per heavy atom. The van der Waals surface area contributed by atoms with Crippen molar-refractivity contribution in [2.24, 2.45) is 5.92 Å². The van der Waals surface area contributed by atoms with Crippen LogP contribution in [0.25, 0.3) is 0 Å². The highest BCUT2D eigenvalue weighted by Crippen LogP contribution is 2.61. The zero-order valence-corrected chi connectivity index (χ0v) is 9.96. The van der Waals surface area contributed by atoms with E-state index in [1.807, 2.05) is 11.3 Å². The van der Waals surface area contributed by atoms with E-state index in [0.29, 0.717) is 5.41 Å². The van der Waals surface area contributed by atoms with Crippen molar-refractivity contribution >= 4 is 27.3 Å². The summed E-state index contributed by atoms with van der Waals surface area (Å²) in [5, 5.41) is 3.48. The first kappa shape index (κ1) is 8.49. The van der Waals surface area contributed by atoms with Gasteiger partial charge in [-0.15, -0.1) is 11.3 Å². The molecule has 13 heavy (non-hydrogen) atoms. The number of fused-ring (bicyclic) bond motifs is 2. The number of alkyl halides is 1. The average Bonchev–Trinajstić information content (AvgIpc) is 2.61. The Balaban J connectivity index is 2.02. The summed E-state index contributed by atoms with van der Waals surface area (Å²) in [5.74, 6) is 0.932. The molecule has 0 radical (unpaired) electrons. The van der Waals surface area contributed by atoms with E-state index in [1.165, 1.54) is 31.0 Å². The zero-order chi connectivity index (χ0) is 8.89. The highest BCUT2D eigenvalue weighted by Gasteiger charge is 2.55. The van der Waals surface area contributed by atoms with Crippen molar-refractivity contribution in [2.75, 3.05) is 5.33 Å². The minimum atomic E-state index is 0.622. The molecule has 0 N–H and O–H groups in total. The van der Waals surface area contributed by atoms with Crippen molar-refractivity contribution in [3.63, 3.8) is 0 Å². The zero-order valence-electron chi connectivity index (χ0n) is 7.55. The van der Waals surface area contributed by atoms with Crippen LogP contribution in [-0.4, -0.2) is 5.33 Å². The number of rotatable bonds is 1. The Hall–Kier alpha value is 0.180. The van der Waals surface area contributed by atoms with E-state index < -0.39 is 0 Å². The van der Waals surface area contributed by atoms with E-state index in [-0.39, 0.29) is 0 Å². The molecule has 1 heterocycles. The summed E-state index contributed by atoms with van der Waals surface area (Å²) in [4.78, 5) is 1.68. The van der Waals surface area contributed by atoms with E-state index in [0.717, 1.165) is 5.92 Å². The Morgan fingerprint density at radius 3 is 3.31 bits per heavy atom. The van der Waals surface area contributed by atoms with E-state index >= 15 is 0 Å². The molecule has 2 atom stereocenters. The molecule has 0 aromatic carbocycles. The first-order valence-corrected chi connectivity index (χ1v) is 7.00. The topological polar surface area (TPSA) is 0 Å². The number of halogens is 1. The lowest BCUT2D eigenvalue weighted by atomic mass is 9.83. The normalized spacial score (nSPS) is 36.2. The molecular weight excluding hydrogens is 244 g/mol. The molecule has 3 rings (SSSR count). The van der Waals surface area contributed by atoms with Crippen LogP contribution in [0.15, 0.2) is 11.4 Å². The number of hydrogen-bond acceptors (Lipinski definition) is 1. The summed E-state index contributed by atoms with van der Waals surface area (Å²) in [5.41, 5.74) is 2.32. The molecule has 2 aliphatic rings. The lowest BCUT2D eigenvalue weighted by Crippen LogP contribution is -2.16. The van der Waals surface area contributed by atoms with Crippen LogP contribution in [0.4, 0.5) is 0 Å². The quantitative estimate of drug-likeness (QED) is 0.672. The molecule has 2 aliphatic carbocycles. The van der Waals surface area contributed by atoms with Gasteiger partial charge in [-0.05, 0) is 48.6 Å². The minimum absolute atomic E-state index is 0.622. The van der Waals surface area contributed by atoms with Gasteiger partial charge >= 0.3 is 0 Å². The molecule has 70 valence electrons. The maximum absolute atomic E-state index is 3.63. The number of aryl methyl sites for hydroxylation is 1. The maximum atomic E-state index is 3.63. The second-order valence-corrected chi connectivity index (χ2v) is 5.97. The Morgan fingerprint density at radius 2 is 2.54 bits per heavy atom. The van der Waals surface area contributed by atoms with Crippen molar-refractivity contribution in [3.8, 4) is 0 Å². The third-order valence-corrected chi connectivity index (χ3v) is 5.49. The van der Waals surface area contributed by atoms with Gasteiger partial charge in [0.2, 0.25) is 0 Å². The van der Waals surface area contributed by atoms with Crippen LogP contribution >= 0.6 is 27.3 Å². The molecule has 1 fully saturated rings. The van der Waals surface area contributed by atoms with Crippen LogP contribution < -0.4 is 0 Å². The Labute approximate surface area is 91.5 Å². The summed E-state index contributed by atoms with van der Waals surface area (Å²) >= 11 is 5.60. The lowest BCUT2D eigenvalue weighted by molar-refractivity contribution is 0.518. The maximum Gasteiger partial charge on any atom is 0.00829 e. The van der Waals surface area contributed by atoms with Crippen LogP contribution in [0, 0.1) is 5.92 Å². The number of thiophene rings is 1.